The standard InChI is InChI=1S/C14H23N3O/c1-17-9-12(16-10-17)13(15)11-4-7-18-14(8-11)5-2-3-6-14/h9-11,13H,2-8,15H2,1H3. The molecule has 4 nitrogen and oxygen atoms in total. The van der Waals surface area contributed by atoms with Gasteiger partial charge in [-0.3, -0.25) is 0 Å². The zero-order chi connectivity index (χ0) is 12.6. The first kappa shape index (κ1) is 12.2. The van der Waals surface area contributed by atoms with Crippen LogP contribution in [0.25, 0.3) is 0 Å². The van der Waals surface area contributed by atoms with Gasteiger partial charge in [-0.25, -0.2) is 4.98 Å². The first-order valence-electron chi connectivity index (χ1n) is 7.06. The Morgan fingerprint density at radius 1 is 1.50 bits per heavy atom. The molecule has 2 aliphatic rings. The molecule has 1 saturated heterocycles. The molecule has 2 atom stereocenters. The van der Waals surface area contributed by atoms with E-state index in [2.05, 4.69) is 4.98 Å². The molecule has 1 aromatic rings. The Labute approximate surface area is 109 Å². The molecule has 1 aliphatic carbocycles. The highest BCUT2D eigenvalue weighted by Gasteiger charge is 2.41. The van der Waals surface area contributed by atoms with Crippen LogP contribution < -0.4 is 5.73 Å². The number of imidazole rings is 1. The summed E-state index contributed by atoms with van der Waals surface area (Å²) in [6, 6.07) is 0.0626. The lowest BCUT2D eigenvalue weighted by Crippen LogP contribution is -2.40. The second-order valence-corrected chi connectivity index (χ2v) is 5.98. The van der Waals surface area contributed by atoms with E-state index in [1.54, 1.807) is 0 Å². The quantitative estimate of drug-likeness (QED) is 0.874. The van der Waals surface area contributed by atoms with Gasteiger partial charge < -0.3 is 15.0 Å². The third-order valence-corrected chi connectivity index (χ3v) is 4.62. The maximum absolute atomic E-state index is 6.40. The molecule has 100 valence electrons. The van der Waals surface area contributed by atoms with E-state index in [4.69, 9.17) is 10.5 Å². The van der Waals surface area contributed by atoms with E-state index < -0.39 is 0 Å². The van der Waals surface area contributed by atoms with Crippen LogP contribution >= 0.6 is 0 Å². The Bertz CT molecular complexity index is 409. The van der Waals surface area contributed by atoms with Crippen molar-refractivity contribution in [1.82, 2.24) is 9.55 Å². The van der Waals surface area contributed by atoms with Crippen molar-refractivity contribution in [3.8, 4) is 0 Å². The van der Waals surface area contributed by atoms with E-state index in [1.165, 1.54) is 25.7 Å². The molecule has 1 aliphatic heterocycles. The highest BCUT2D eigenvalue weighted by atomic mass is 16.5. The van der Waals surface area contributed by atoms with Crippen molar-refractivity contribution in [1.29, 1.82) is 0 Å². The summed E-state index contributed by atoms with van der Waals surface area (Å²) in [5.41, 5.74) is 7.58. The van der Waals surface area contributed by atoms with Gasteiger partial charge in [0.2, 0.25) is 0 Å². The normalized spacial score (nSPS) is 28.7. The van der Waals surface area contributed by atoms with Gasteiger partial charge in [-0.05, 0) is 31.6 Å². The zero-order valence-electron chi connectivity index (χ0n) is 11.1. The number of aryl methyl sites for hydroxylation is 1. The van der Waals surface area contributed by atoms with Crippen LogP contribution in [0, 0.1) is 5.92 Å². The van der Waals surface area contributed by atoms with Crippen LogP contribution in [0.2, 0.25) is 0 Å². The molecule has 4 heteroatoms. The maximum Gasteiger partial charge on any atom is 0.0947 e. The molecule has 18 heavy (non-hydrogen) atoms. The first-order valence-corrected chi connectivity index (χ1v) is 7.06. The molecular weight excluding hydrogens is 226 g/mol. The highest BCUT2D eigenvalue weighted by Crippen LogP contribution is 2.44. The molecule has 0 amide bonds. The van der Waals surface area contributed by atoms with Gasteiger partial charge >= 0.3 is 0 Å². The highest BCUT2D eigenvalue weighted by molar-refractivity contribution is 5.06. The molecule has 0 aromatic carbocycles. The summed E-state index contributed by atoms with van der Waals surface area (Å²) >= 11 is 0. The van der Waals surface area contributed by atoms with Gasteiger partial charge in [0.05, 0.1) is 23.7 Å². The molecular formula is C14H23N3O. The Balaban J connectivity index is 1.72. The fourth-order valence-corrected chi connectivity index (χ4v) is 3.59. The fraction of sp³-hybridized carbons (Fsp3) is 0.786. The molecule has 2 unspecified atom stereocenters. The van der Waals surface area contributed by atoms with E-state index in [0.29, 0.717) is 5.92 Å². The van der Waals surface area contributed by atoms with Crippen LogP contribution in [-0.2, 0) is 11.8 Å². The topological polar surface area (TPSA) is 53.1 Å². The average molecular weight is 249 g/mol. The van der Waals surface area contributed by atoms with Crippen molar-refractivity contribution in [2.24, 2.45) is 18.7 Å². The number of rotatable bonds is 2. The number of ether oxygens (including phenoxy) is 1. The smallest absolute Gasteiger partial charge is 0.0947 e. The number of aromatic nitrogens is 2. The first-order chi connectivity index (χ1) is 8.69. The summed E-state index contributed by atoms with van der Waals surface area (Å²) in [7, 11) is 1.99. The van der Waals surface area contributed by atoms with Crippen molar-refractivity contribution >= 4 is 0 Å². The van der Waals surface area contributed by atoms with Crippen LogP contribution in [0.15, 0.2) is 12.5 Å². The van der Waals surface area contributed by atoms with Gasteiger partial charge in [-0.15, -0.1) is 0 Å². The van der Waals surface area contributed by atoms with Crippen molar-refractivity contribution in [2.75, 3.05) is 6.61 Å². The summed E-state index contributed by atoms with van der Waals surface area (Å²) < 4.78 is 8.04. The molecule has 3 rings (SSSR count). The molecule has 2 fully saturated rings. The Morgan fingerprint density at radius 3 is 2.94 bits per heavy atom. The van der Waals surface area contributed by atoms with Gasteiger partial charge in [0, 0.05) is 19.9 Å². The largest absolute Gasteiger partial charge is 0.375 e. The van der Waals surface area contributed by atoms with Crippen molar-refractivity contribution < 1.29 is 4.74 Å². The minimum atomic E-state index is 0.0626. The monoisotopic (exact) mass is 249 g/mol. The predicted molar refractivity (Wildman–Crippen MR) is 70.0 cm³/mol. The van der Waals surface area contributed by atoms with Crippen LogP contribution in [0.3, 0.4) is 0 Å². The predicted octanol–water partition coefficient (Wildman–Crippen LogP) is 2.16. The lowest BCUT2D eigenvalue weighted by atomic mass is 9.80. The zero-order valence-corrected chi connectivity index (χ0v) is 11.1. The molecule has 1 spiro atoms. The average Bonchev–Trinajstić information content (AvgIpc) is 2.98. The second kappa shape index (κ2) is 4.67. The van der Waals surface area contributed by atoms with Crippen molar-refractivity contribution in [2.45, 2.75) is 50.2 Å². The van der Waals surface area contributed by atoms with Crippen LogP contribution in [-0.4, -0.2) is 21.8 Å². The summed E-state index contributed by atoms with van der Waals surface area (Å²) in [6.07, 6.45) is 11.1. The summed E-state index contributed by atoms with van der Waals surface area (Å²) in [6.45, 7) is 0.866. The third-order valence-electron chi connectivity index (χ3n) is 4.62. The lowest BCUT2D eigenvalue weighted by Gasteiger charge is -2.40. The second-order valence-electron chi connectivity index (χ2n) is 5.98. The van der Waals surface area contributed by atoms with Gasteiger partial charge in [0.1, 0.15) is 0 Å². The van der Waals surface area contributed by atoms with Gasteiger partial charge in [-0.1, -0.05) is 12.8 Å². The molecule has 2 heterocycles. The van der Waals surface area contributed by atoms with Crippen LogP contribution in [0.5, 0.6) is 0 Å². The molecule has 0 radical (unpaired) electrons. The Morgan fingerprint density at radius 2 is 2.28 bits per heavy atom. The molecule has 2 N–H and O–H groups in total. The van der Waals surface area contributed by atoms with Gasteiger partial charge in [0.15, 0.2) is 0 Å². The number of nitrogens with zero attached hydrogens (tertiary/aromatic N) is 2. The maximum atomic E-state index is 6.40. The van der Waals surface area contributed by atoms with E-state index in [1.807, 2.05) is 24.1 Å². The Hall–Kier alpha value is -0.870. The third kappa shape index (κ3) is 2.19. The van der Waals surface area contributed by atoms with Crippen LogP contribution in [0.1, 0.15) is 50.3 Å². The van der Waals surface area contributed by atoms with E-state index in [-0.39, 0.29) is 11.6 Å². The summed E-state index contributed by atoms with van der Waals surface area (Å²) in [5.74, 6) is 0.520. The van der Waals surface area contributed by atoms with Crippen molar-refractivity contribution in [3.63, 3.8) is 0 Å². The lowest BCUT2D eigenvalue weighted by molar-refractivity contribution is -0.0965. The minimum Gasteiger partial charge on any atom is -0.375 e. The van der Waals surface area contributed by atoms with Crippen molar-refractivity contribution in [3.05, 3.63) is 18.2 Å². The molecule has 0 bridgehead atoms. The summed E-state index contributed by atoms with van der Waals surface area (Å²) in [4.78, 5) is 4.40. The van der Waals surface area contributed by atoms with Gasteiger partial charge in [0.25, 0.3) is 0 Å². The fourth-order valence-electron chi connectivity index (χ4n) is 3.59. The molecule has 1 aromatic heterocycles. The number of nitrogens with two attached hydrogens (primary N) is 1. The number of hydrogen-bond donors (Lipinski definition) is 1. The molecule has 1 saturated carbocycles. The van der Waals surface area contributed by atoms with E-state index in [0.717, 1.165) is 25.1 Å². The van der Waals surface area contributed by atoms with Crippen LogP contribution in [0.4, 0.5) is 0 Å². The van der Waals surface area contributed by atoms with E-state index in [9.17, 15) is 0 Å². The Kier molecular flexibility index (Phi) is 3.16. The van der Waals surface area contributed by atoms with E-state index >= 15 is 0 Å². The minimum absolute atomic E-state index is 0.0626. The summed E-state index contributed by atoms with van der Waals surface area (Å²) in [5, 5.41) is 0. The SMILES string of the molecule is Cn1cnc(C(N)C2CCOC3(CCCC3)C2)c1. The number of hydrogen-bond acceptors (Lipinski definition) is 3. The van der Waals surface area contributed by atoms with Gasteiger partial charge in [-0.2, -0.15) is 0 Å².